The van der Waals surface area contributed by atoms with E-state index in [4.69, 9.17) is 9.47 Å². The molecule has 0 saturated carbocycles. The summed E-state index contributed by atoms with van der Waals surface area (Å²) in [4.78, 5) is 0. The largest absolute Gasteiger partial charge is 0.493 e. The molecule has 0 aliphatic rings. The molecular formula is C18H23NO3. The van der Waals surface area contributed by atoms with Gasteiger partial charge in [0.1, 0.15) is 0 Å². The van der Waals surface area contributed by atoms with Gasteiger partial charge < -0.3 is 19.9 Å². The van der Waals surface area contributed by atoms with Crippen LogP contribution in [-0.2, 0) is 6.54 Å². The van der Waals surface area contributed by atoms with Gasteiger partial charge in [-0.3, -0.25) is 0 Å². The highest BCUT2D eigenvalue weighted by Crippen LogP contribution is 2.27. The van der Waals surface area contributed by atoms with E-state index in [2.05, 4.69) is 5.32 Å². The number of rotatable bonds is 7. The number of nitrogens with one attached hydrogen (secondary N) is 1. The van der Waals surface area contributed by atoms with Crippen molar-refractivity contribution in [1.82, 2.24) is 5.32 Å². The van der Waals surface area contributed by atoms with Crippen molar-refractivity contribution in [2.45, 2.75) is 19.6 Å². The van der Waals surface area contributed by atoms with Crippen LogP contribution in [0.1, 0.15) is 22.8 Å². The van der Waals surface area contributed by atoms with E-state index in [1.54, 1.807) is 14.2 Å². The number of methoxy groups -OCH3 is 2. The van der Waals surface area contributed by atoms with E-state index in [1.807, 2.05) is 49.4 Å². The van der Waals surface area contributed by atoms with Crippen LogP contribution >= 0.6 is 0 Å². The van der Waals surface area contributed by atoms with Crippen molar-refractivity contribution < 1.29 is 14.6 Å². The normalized spacial score (nSPS) is 12.0. The maximum absolute atomic E-state index is 10.2. The Morgan fingerprint density at radius 3 is 2.32 bits per heavy atom. The van der Waals surface area contributed by atoms with Crippen molar-refractivity contribution in [2.24, 2.45) is 0 Å². The van der Waals surface area contributed by atoms with Crippen LogP contribution in [0.2, 0.25) is 0 Å². The lowest BCUT2D eigenvalue weighted by molar-refractivity contribution is 0.174. The Labute approximate surface area is 131 Å². The number of benzene rings is 2. The molecule has 2 rings (SSSR count). The molecule has 2 N–H and O–H groups in total. The van der Waals surface area contributed by atoms with Crippen molar-refractivity contribution in [2.75, 3.05) is 20.8 Å². The molecule has 0 fully saturated rings. The summed E-state index contributed by atoms with van der Waals surface area (Å²) >= 11 is 0. The van der Waals surface area contributed by atoms with Gasteiger partial charge in [0.05, 0.1) is 20.3 Å². The van der Waals surface area contributed by atoms with E-state index in [-0.39, 0.29) is 0 Å². The number of aliphatic hydroxyl groups is 1. The molecule has 2 aromatic rings. The van der Waals surface area contributed by atoms with Gasteiger partial charge in [0, 0.05) is 13.1 Å². The third-order valence-corrected chi connectivity index (χ3v) is 3.58. The molecule has 118 valence electrons. The van der Waals surface area contributed by atoms with Gasteiger partial charge in [-0.2, -0.15) is 0 Å². The van der Waals surface area contributed by atoms with Crippen LogP contribution < -0.4 is 14.8 Å². The fourth-order valence-corrected chi connectivity index (χ4v) is 2.25. The monoisotopic (exact) mass is 301 g/mol. The predicted octanol–water partition coefficient (Wildman–Crippen LogP) is 2.84. The topological polar surface area (TPSA) is 50.7 Å². The second-order valence-electron chi connectivity index (χ2n) is 5.25. The average Bonchev–Trinajstić information content (AvgIpc) is 2.55. The van der Waals surface area contributed by atoms with Gasteiger partial charge in [0.2, 0.25) is 0 Å². The lowest BCUT2D eigenvalue weighted by Gasteiger charge is -2.13. The Bertz CT molecular complexity index is 596. The van der Waals surface area contributed by atoms with Gasteiger partial charge >= 0.3 is 0 Å². The first kappa shape index (κ1) is 16.3. The van der Waals surface area contributed by atoms with Gasteiger partial charge in [-0.05, 0) is 30.2 Å². The van der Waals surface area contributed by atoms with Crippen LogP contribution in [0.4, 0.5) is 0 Å². The van der Waals surface area contributed by atoms with Crippen molar-refractivity contribution in [1.29, 1.82) is 0 Å². The van der Waals surface area contributed by atoms with E-state index in [0.29, 0.717) is 24.6 Å². The van der Waals surface area contributed by atoms with Crippen LogP contribution in [0.3, 0.4) is 0 Å². The molecule has 0 aliphatic carbocycles. The van der Waals surface area contributed by atoms with Crippen molar-refractivity contribution in [3.05, 3.63) is 59.2 Å². The highest BCUT2D eigenvalue weighted by Gasteiger charge is 2.08. The maximum Gasteiger partial charge on any atom is 0.161 e. The average molecular weight is 301 g/mol. The first-order chi connectivity index (χ1) is 10.6. The van der Waals surface area contributed by atoms with Crippen LogP contribution in [0.25, 0.3) is 0 Å². The molecule has 0 aliphatic heterocycles. The lowest BCUT2D eigenvalue weighted by atomic mass is 10.1. The number of hydrogen-bond donors (Lipinski definition) is 2. The van der Waals surface area contributed by atoms with E-state index >= 15 is 0 Å². The van der Waals surface area contributed by atoms with Crippen LogP contribution in [-0.4, -0.2) is 25.9 Å². The van der Waals surface area contributed by atoms with Crippen molar-refractivity contribution in [3.63, 3.8) is 0 Å². The van der Waals surface area contributed by atoms with Crippen LogP contribution in [0.5, 0.6) is 11.5 Å². The molecule has 4 nitrogen and oxygen atoms in total. The number of aliphatic hydroxyl groups excluding tert-OH is 1. The summed E-state index contributed by atoms with van der Waals surface area (Å²) in [7, 11) is 3.24. The number of hydrogen-bond acceptors (Lipinski definition) is 4. The molecule has 22 heavy (non-hydrogen) atoms. The second kappa shape index (κ2) is 7.82. The smallest absolute Gasteiger partial charge is 0.161 e. The van der Waals surface area contributed by atoms with Gasteiger partial charge in [-0.1, -0.05) is 35.9 Å². The first-order valence-electron chi connectivity index (χ1n) is 7.30. The van der Waals surface area contributed by atoms with Crippen molar-refractivity contribution >= 4 is 0 Å². The van der Waals surface area contributed by atoms with E-state index in [0.717, 1.165) is 11.1 Å². The van der Waals surface area contributed by atoms with Crippen molar-refractivity contribution in [3.8, 4) is 11.5 Å². The summed E-state index contributed by atoms with van der Waals surface area (Å²) in [6, 6.07) is 13.7. The minimum Gasteiger partial charge on any atom is -0.493 e. The Hall–Kier alpha value is -2.04. The summed E-state index contributed by atoms with van der Waals surface area (Å²) in [6.45, 7) is 3.19. The second-order valence-corrected chi connectivity index (χ2v) is 5.25. The Balaban J connectivity index is 1.89. The minimum atomic E-state index is -0.513. The van der Waals surface area contributed by atoms with E-state index < -0.39 is 6.10 Å². The maximum atomic E-state index is 10.2. The Morgan fingerprint density at radius 2 is 1.68 bits per heavy atom. The third-order valence-electron chi connectivity index (χ3n) is 3.58. The summed E-state index contributed by atoms with van der Waals surface area (Å²) in [6.07, 6.45) is -0.513. The zero-order chi connectivity index (χ0) is 15.9. The molecule has 0 spiro atoms. The molecule has 4 heteroatoms. The Morgan fingerprint density at radius 1 is 1.00 bits per heavy atom. The zero-order valence-corrected chi connectivity index (χ0v) is 13.3. The van der Waals surface area contributed by atoms with Gasteiger partial charge in [-0.25, -0.2) is 0 Å². The molecule has 0 bridgehead atoms. The first-order valence-corrected chi connectivity index (χ1v) is 7.30. The predicted molar refractivity (Wildman–Crippen MR) is 87.4 cm³/mol. The zero-order valence-electron chi connectivity index (χ0n) is 13.3. The summed E-state index contributed by atoms with van der Waals surface area (Å²) < 4.78 is 10.5. The minimum absolute atomic E-state index is 0.497. The van der Waals surface area contributed by atoms with Gasteiger partial charge in [0.25, 0.3) is 0 Å². The highest BCUT2D eigenvalue weighted by atomic mass is 16.5. The summed E-state index contributed by atoms with van der Waals surface area (Å²) in [5, 5.41) is 13.4. The van der Waals surface area contributed by atoms with E-state index in [1.165, 1.54) is 5.56 Å². The fourth-order valence-electron chi connectivity index (χ4n) is 2.25. The quantitative estimate of drug-likeness (QED) is 0.825. The lowest BCUT2D eigenvalue weighted by Crippen LogP contribution is -2.21. The van der Waals surface area contributed by atoms with Crippen LogP contribution in [0, 0.1) is 6.92 Å². The SMILES string of the molecule is COc1ccc(CNCC(O)c2ccc(C)cc2)cc1OC. The number of aryl methyl sites for hydroxylation is 1. The van der Waals surface area contributed by atoms with E-state index in [9.17, 15) is 5.11 Å². The Kier molecular flexibility index (Phi) is 5.81. The standard InChI is InChI=1S/C18H23NO3/c1-13-4-7-15(8-5-13)16(20)12-19-11-14-6-9-17(21-2)18(10-14)22-3/h4-10,16,19-20H,11-12H2,1-3H3. The molecule has 0 radical (unpaired) electrons. The molecule has 0 heterocycles. The molecular weight excluding hydrogens is 278 g/mol. The highest BCUT2D eigenvalue weighted by molar-refractivity contribution is 5.42. The fraction of sp³-hybridized carbons (Fsp3) is 0.333. The van der Waals surface area contributed by atoms with Gasteiger partial charge in [-0.15, -0.1) is 0 Å². The molecule has 0 aromatic heterocycles. The molecule has 1 atom stereocenters. The summed E-state index contributed by atoms with van der Waals surface area (Å²) in [5.74, 6) is 1.42. The van der Waals surface area contributed by atoms with Gasteiger partial charge in [0.15, 0.2) is 11.5 Å². The number of ether oxygens (including phenoxy) is 2. The summed E-state index contributed by atoms with van der Waals surface area (Å²) in [5.41, 5.74) is 3.19. The molecule has 2 aromatic carbocycles. The third kappa shape index (κ3) is 4.23. The van der Waals surface area contributed by atoms with Crippen LogP contribution in [0.15, 0.2) is 42.5 Å². The molecule has 1 unspecified atom stereocenters. The molecule has 0 amide bonds. The molecule has 0 saturated heterocycles.